The SMILES string of the molecule is [3H]OC1C(NC(=O)OC(C=C)C(C)C)CCCN1C(=N)N. The number of nitrogens with one attached hydrogen (secondary N) is 2. The number of aliphatic hydroxyl groups excluding tert-OH is 1. The Balaban J connectivity index is 2.65. The van der Waals surface area contributed by atoms with Gasteiger partial charge in [-0.1, -0.05) is 26.5 Å². The molecule has 0 bridgehead atoms. The van der Waals surface area contributed by atoms with Crippen LogP contribution in [-0.4, -0.2) is 48.4 Å². The molecule has 7 nitrogen and oxygen atoms in total. The van der Waals surface area contributed by atoms with Gasteiger partial charge in [-0.05, 0) is 18.8 Å². The van der Waals surface area contributed by atoms with Crippen LogP contribution in [0.25, 0.3) is 0 Å². The Morgan fingerprint density at radius 3 is 2.95 bits per heavy atom. The molecule has 1 heterocycles. The lowest BCUT2D eigenvalue weighted by Crippen LogP contribution is -2.58. The monoisotopic (exact) mass is 286 g/mol. The van der Waals surface area contributed by atoms with Gasteiger partial charge in [0.25, 0.3) is 0 Å². The highest BCUT2D eigenvalue weighted by Crippen LogP contribution is 2.16. The second kappa shape index (κ2) is 7.14. The van der Waals surface area contributed by atoms with E-state index in [-0.39, 0.29) is 18.0 Å². The van der Waals surface area contributed by atoms with Crippen molar-refractivity contribution in [3.05, 3.63) is 12.7 Å². The molecule has 0 radical (unpaired) electrons. The van der Waals surface area contributed by atoms with Gasteiger partial charge in [0, 0.05) is 6.54 Å². The summed E-state index contributed by atoms with van der Waals surface area (Å²) >= 11 is 0. The van der Waals surface area contributed by atoms with Crippen LogP contribution >= 0.6 is 0 Å². The van der Waals surface area contributed by atoms with Crippen LogP contribution < -0.4 is 11.1 Å². The van der Waals surface area contributed by atoms with Gasteiger partial charge in [-0.3, -0.25) is 5.41 Å². The Labute approximate surface area is 120 Å². The van der Waals surface area contributed by atoms with Crippen molar-refractivity contribution in [2.75, 3.05) is 6.54 Å². The molecule has 114 valence electrons. The van der Waals surface area contributed by atoms with E-state index in [0.29, 0.717) is 13.0 Å². The van der Waals surface area contributed by atoms with Crippen LogP contribution in [0.15, 0.2) is 12.7 Å². The van der Waals surface area contributed by atoms with E-state index in [1.165, 1.54) is 4.90 Å². The van der Waals surface area contributed by atoms with Gasteiger partial charge in [0.1, 0.15) is 12.3 Å². The van der Waals surface area contributed by atoms with Crippen LogP contribution in [0.2, 0.25) is 0 Å². The summed E-state index contributed by atoms with van der Waals surface area (Å²) in [7, 11) is 0. The smallest absolute Gasteiger partial charge is 0.408 e. The molecule has 1 rings (SSSR count). The predicted molar refractivity (Wildman–Crippen MR) is 76.1 cm³/mol. The average molecular weight is 286 g/mol. The van der Waals surface area contributed by atoms with Gasteiger partial charge in [-0.15, -0.1) is 0 Å². The van der Waals surface area contributed by atoms with Crippen LogP contribution in [0, 0.1) is 11.3 Å². The second-order valence-electron chi connectivity index (χ2n) is 5.21. The lowest BCUT2D eigenvalue weighted by atomic mass is 10.0. The van der Waals surface area contributed by atoms with Crippen molar-refractivity contribution in [3.63, 3.8) is 0 Å². The van der Waals surface area contributed by atoms with Crippen molar-refractivity contribution in [2.45, 2.75) is 45.1 Å². The molecule has 1 fully saturated rings. The molecule has 0 aliphatic carbocycles. The lowest BCUT2D eigenvalue weighted by Gasteiger charge is -2.38. The normalized spacial score (nSPS) is 24.8. The molecule has 20 heavy (non-hydrogen) atoms. The summed E-state index contributed by atoms with van der Waals surface area (Å²) in [6.45, 7) is 8.01. The van der Waals surface area contributed by atoms with Crippen LogP contribution in [0.3, 0.4) is 0 Å². The number of rotatable bonds is 5. The maximum absolute atomic E-state index is 11.9. The number of nitrogens with two attached hydrogens (primary N) is 1. The Morgan fingerprint density at radius 2 is 2.45 bits per heavy atom. The molecule has 3 atom stereocenters. The first-order chi connectivity index (χ1) is 9.90. The number of alkyl carbamates (subject to hydrolysis) is 1. The van der Waals surface area contributed by atoms with E-state index in [1.54, 1.807) is 6.08 Å². The highest BCUT2D eigenvalue weighted by molar-refractivity contribution is 5.75. The van der Waals surface area contributed by atoms with E-state index in [9.17, 15) is 4.79 Å². The van der Waals surface area contributed by atoms with Crippen LogP contribution in [0.5, 0.6) is 0 Å². The van der Waals surface area contributed by atoms with Gasteiger partial charge >= 0.3 is 6.09 Å². The zero-order chi connectivity index (χ0) is 16.0. The minimum absolute atomic E-state index is 0.122. The number of piperidine rings is 1. The third-order valence-corrected chi connectivity index (χ3v) is 3.31. The van der Waals surface area contributed by atoms with Crippen molar-refractivity contribution < 1.29 is 14.6 Å². The average Bonchev–Trinajstić information content (AvgIpc) is 2.43. The number of aliphatic hydroxyl groups is 1. The summed E-state index contributed by atoms with van der Waals surface area (Å²) in [6.07, 6.45) is 1.18. The highest BCUT2D eigenvalue weighted by Gasteiger charge is 2.32. The van der Waals surface area contributed by atoms with Gasteiger partial charge in [0.2, 0.25) is 1.43 Å². The van der Waals surface area contributed by atoms with E-state index in [2.05, 4.69) is 17.0 Å². The summed E-state index contributed by atoms with van der Waals surface area (Å²) in [5.41, 5.74) is 5.46. The molecule has 1 saturated heterocycles. The lowest BCUT2D eigenvalue weighted by molar-refractivity contribution is -0.00913. The molecular weight excluding hydrogens is 260 g/mol. The number of likely N-dealkylation sites (tertiary alicyclic amines) is 1. The van der Waals surface area contributed by atoms with E-state index in [0.717, 1.165) is 6.42 Å². The number of carbonyl (C=O) groups is 1. The maximum Gasteiger partial charge on any atom is 0.408 e. The molecule has 7 heteroatoms. The summed E-state index contributed by atoms with van der Waals surface area (Å²) in [5, 5.41) is 14.8. The summed E-state index contributed by atoms with van der Waals surface area (Å²) in [5.74, 6) is -0.0604. The third kappa shape index (κ3) is 4.12. The van der Waals surface area contributed by atoms with Crippen LogP contribution in [0.4, 0.5) is 4.79 Å². The van der Waals surface area contributed by atoms with Gasteiger partial charge < -0.3 is 25.8 Å². The van der Waals surface area contributed by atoms with Crippen molar-refractivity contribution in [1.82, 2.24) is 10.2 Å². The van der Waals surface area contributed by atoms with Gasteiger partial charge in [-0.25, -0.2) is 4.79 Å². The Bertz CT molecular complexity index is 392. The molecule has 1 aliphatic rings. The number of guanidine groups is 1. The van der Waals surface area contributed by atoms with Crippen molar-refractivity contribution in [2.24, 2.45) is 11.7 Å². The Hall–Kier alpha value is -1.76. The number of hydrogen-bond acceptors (Lipinski definition) is 4. The van der Waals surface area contributed by atoms with E-state index >= 15 is 0 Å². The molecule has 3 unspecified atom stereocenters. The molecule has 0 aromatic carbocycles. The molecule has 0 saturated carbocycles. The quantitative estimate of drug-likeness (QED) is 0.336. The fraction of sp³-hybridized carbons (Fsp3) is 0.692. The number of hydrogen-bond donors (Lipinski definition) is 4. The molecule has 1 amide bonds. The summed E-state index contributed by atoms with van der Waals surface area (Å²) in [4.78, 5) is 13.4. The fourth-order valence-electron chi connectivity index (χ4n) is 2.13. The molecule has 1 aliphatic heterocycles. The summed E-state index contributed by atoms with van der Waals surface area (Å²) in [6, 6.07) is -0.453. The molecular formula is C13H24N4O3. The van der Waals surface area contributed by atoms with Crippen molar-refractivity contribution in [1.29, 1.82) is 6.84 Å². The first-order valence-electron chi connectivity index (χ1n) is 7.13. The highest BCUT2D eigenvalue weighted by atomic mass is 16.6. The van der Waals surface area contributed by atoms with Crippen molar-refractivity contribution in [3.8, 4) is 0 Å². The maximum atomic E-state index is 11.9. The second-order valence-corrected chi connectivity index (χ2v) is 5.21. The van der Waals surface area contributed by atoms with Crippen LogP contribution in [-0.2, 0) is 4.74 Å². The first kappa shape index (κ1) is 14.6. The molecule has 5 N–H and O–H groups in total. The first-order valence-corrected chi connectivity index (χ1v) is 6.73. The number of ether oxygens (including phenoxy) is 1. The predicted octanol–water partition coefficient (Wildman–Crippen LogP) is 0.599. The number of amides is 1. The molecule has 0 aromatic heterocycles. The van der Waals surface area contributed by atoms with Gasteiger partial charge in [0.05, 0.1) is 6.04 Å². The Morgan fingerprint density at radius 1 is 1.75 bits per heavy atom. The largest absolute Gasteiger partial charge is 0.442 e. The van der Waals surface area contributed by atoms with Gasteiger partial charge in [-0.2, -0.15) is 0 Å². The Kier molecular flexibility index (Phi) is 5.23. The molecule has 0 aromatic rings. The number of nitrogens with zero attached hydrogens (tertiary/aromatic N) is 1. The third-order valence-electron chi connectivity index (χ3n) is 3.31. The zero-order valence-corrected chi connectivity index (χ0v) is 12.0. The molecule has 0 spiro atoms. The van der Waals surface area contributed by atoms with Crippen LogP contribution in [0.1, 0.15) is 26.7 Å². The van der Waals surface area contributed by atoms with E-state index < -0.39 is 18.4 Å². The van der Waals surface area contributed by atoms with Crippen molar-refractivity contribution >= 4 is 12.1 Å². The number of carbonyl (C=O) groups excluding carboxylic acids is 1. The summed E-state index contributed by atoms with van der Waals surface area (Å²) < 4.78 is 12.4. The van der Waals surface area contributed by atoms with E-state index in [4.69, 9.17) is 17.3 Å². The topological polar surface area (TPSA) is 112 Å². The minimum atomic E-state index is -0.787. The zero-order valence-electron chi connectivity index (χ0n) is 13.0. The standard InChI is InChI=1S/C13H24N4O3/c1-4-10(8(2)3)20-13(19)16-9-6-5-7-17(11(9)18)12(14)15/h4,8-11,18H,1,5-7H2,2-3H3,(H3,14,15)(H,16,19)/i18T. The fourth-order valence-corrected chi connectivity index (χ4v) is 2.13. The van der Waals surface area contributed by atoms with Gasteiger partial charge in [0.15, 0.2) is 5.96 Å². The minimum Gasteiger partial charge on any atom is -0.442 e. The van der Waals surface area contributed by atoms with E-state index in [1.807, 2.05) is 13.8 Å².